The van der Waals surface area contributed by atoms with Crippen LogP contribution in [0.15, 0.2) is 59.1 Å². The van der Waals surface area contributed by atoms with Crippen molar-refractivity contribution in [3.8, 4) is 12.1 Å². The second-order valence-corrected chi connectivity index (χ2v) is 12.8. The van der Waals surface area contributed by atoms with E-state index in [0.29, 0.717) is 17.8 Å². The topological polar surface area (TPSA) is 67.9 Å². The number of Topliss-reactive ketones (excluding diaryl/α,β-unsaturated/α-hetero) is 1. The molecule has 3 atom stereocenters. The lowest BCUT2D eigenvalue weighted by atomic mass is 9.47. The highest BCUT2D eigenvalue weighted by molar-refractivity contribution is 9.10. The van der Waals surface area contributed by atoms with Gasteiger partial charge in [0.2, 0.25) is 0 Å². The molecule has 180 valence electrons. The zero-order valence-corrected chi connectivity index (χ0v) is 21.7. The van der Waals surface area contributed by atoms with E-state index in [1.165, 1.54) is 19.3 Å². The Kier molecular flexibility index (Phi) is 4.84. The maximum Gasteiger partial charge on any atom is 0.176 e. The lowest BCUT2D eigenvalue weighted by Crippen LogP contribution is -2.56. The fourth-order valence-corrected chi connectivity index (χ4v) is 9.40. The summed E-state index contributed by atoms with van der Waals surface area (Å²) in [7, 11) is 0. The van der Waals surface area contributed by atoms with E-state index in [0.717, 1.165) is 40.5 Å². The van der Waals surface area contributed by atoms with Gasteiger partial charge in [-0.05, 0) is 85.6 Å². The summed E-state index contributed by atoms with van der Waals surface area (Å²) in [6, 6.07) is 19.9. The number of carbonyl (C=O) groups excluding carboxylic acids is 1. The van der Waals surface area contributed by atoms with Crippen LogP contribution in [0.4, 0.5) is 5.69 Å². The maximum absolute atomic E-state index is 15.0. The third-order valence-electron chi connectivity index (χ3n) is 9.96. The third kappa shape index (κ3) is 2.93. The molecule has 4 bridgehead atoms. The first-order valence-electron chi connectivity index (χ1n) is 13.2. The molecule has 0 spiro atoms. The van der Waals surface area contributed by atoms with Crippen LogP contribution in [0.25, 0.3) is 6.08 Å². The van der Waals surface area contributed by atoms with Crippen molar-refractivity contribution in [2.75, 3.05) is 4.90 Å². The van der Waals surface area contributed by atoms with Crippen molar-refractivity contribution in [3.63, 3.8) is 0 Å². The highest BCUT2D eigenvalue weighted by Crippen LogP contribution is 2.63. The summed E-state index contributed by atoms with van der Waals surface area (Å²) in [5.41, 5.74) is 1.19. The molecule has 4 nitrogen and oxygen atoms in total. The van der Waals surface area contributed by atoms with Crippen molar-refractivity contribution in [1.29, 1.82) is 10.5 Å². The van der Waals surface area contributed by atoms with Crippen molar-refractivity contribution in [3.05, 3.63) is 70.2 Å². The number of fused-ring (bicyclic) bond motifs is 3. The van der Waals surface area contributed by atoms with Crippen LogP contribution in [-0.4, -0.2) is 17.9 Å². The minimum Gasteiger partial charge on any atom is -0.351 e. The maximum atomic E-state index is 15.0. The van der Waals surface area contributed by atoms with Gasteiger partial charge in [-0.15, -0.1) is 0 Å². The number of benzene rings is 2. The van der Waals surface area contributed by atoms with E-state index >= 15 is 4.79 Å². The molecule has 0 amide bonds. The Hall–Kier alpha value is -2.89. The Morgan fingerprint density at radius 1 is 0.944 bits per heavy atom. The van der Waals surface area contributed by atoms with Crippen LogP contribution in [0.1, 0.15) is 55.6 Å². The van der Waals surface area contributed by atoms with Gasteiger partial charge in [-0.1, -0.05) is 58.4 Å². The van der Waals surface area contributed by atoms with Gasteiger partial charge in [-0.25, -0.2) is 0 Å². The van der Waals surface area contributed by atoms with E-state index < -0.39 is 23.4 Å². The zero-order valence-electron chi connectivity index (χ0n) is 20.1. The van der Waals surface area contributed by atoms with Crippen LogP contribution in [0, 0.1) is 51.2 Å². The number of nitrogens with zero attached hydrogens (tertiary/aromatic N) is 3. The predicted molar refractivity (Wildman–Crippen MR) is 142 cm³/mol. The molecule has 0 aromatic heterocycles. The van der Waals surface area contributed by atoms with Crippen LogP contribution >= 0.6 is 15.9 Å². The van der Waals surface area contributed by atoms with E-state index in [1.54, 1.807) is 0 Å². The molecular formula is C31H28BrN3O. The van der Waals surface area contributed by atoms with Crippen molar-refractivity contribution in [2.45, 2.75) is 56.5 Å². The molecule has 3 unspecified atom stereocenters. The Bertz CT molecular complexity index is 1320. The van der Waals surface area contributed by atoms with Crippen molar-refractivity contribution >= 4 is 33.5 Å². The number of carbonyl (C=O) groups is 1. The van der Waals surface area contributed by atoms with Crippen molar-refractivity contribution in [1.82, 2.24) is 0 Å². The summed E-state index contributed by atoms with van der Waals surface area (Å²) in [5.74, 6) is 1.70. The highest BCUT2D eigenvalue weighted by atomic mass is 79.9. The van der Waals surface area contributed by atoms with Gasteiger partial charge in [0.15, 0.2) is 11.2 Å². The van der Waals surface area contributed by atoms with E-state index in [4.69, 9.17) is 0 Å². The molecular weight excluding hydrogens is 510 g/mol. The van der Waals surface area contributed by atoms with E-state index in [2.05, 4.69) is 39.0 Å². The van der Waals surface area contributed by atoms with Crippen molar-refractivity contribution in [2.24, 2.45) is 28.6 Å². The van der Waals surface area contributed by atoms with Crippen LogP contribution < -0.4 is 4.90 Å². The Morgan fingerprint density at radius 3 is 2.19 bits per heavy atom. The largest absolute Gasteiger partial charge is 0.351 e. The minimum absolute atomic E-state index is 0.275. The summed E-state index contributed by atoms with van der Waals surface area (Å²) < 4.78 is 0.971. The van der Waals surface area contributed by atoms with E-state index in [1.807, 2.05) is 54.6 Å². The second kappa shape index (κ2) is 7.80. The first-order chi connectivity index (χ1) is 17.5. The average molecular weight is 538 g/mol. The summed E-state index contributed by atoms with van der Waals surface area (Å²) in [5, 5.41) is 21.3. The van der Waals surface area contributed by atoms with Gasteiger partial charge >= 0.3 is 0 Å². The standard InChI is InChI=1S/C31H28BrN3O/c32-24-7-8-25-23(13-24)6-9-26-31(17-33,18-34)27(22-4-2-1-3-5-22)28(35(25)26)29(36)30-14-19-10-20(15-30)12-21(11-19)16-30/h1-9,13,19-21,26-28H,10-12,14-16H2. The highest BCUT2D eigenvalue weighted by Gasteiger charge is 2.66. The van der Waals surface area contributed by atoms with Gasteiger partial charge in [-0.2, -0.15) is 10.5 Å². The second-order valence-electron chi connectivity index (χ2n) is 11.9. The summed E-state index contributed by atoms with van der Waals surface area (Å²) in [4.78, 5) is 17.2. The Morgan fingerprint density at radius 2 is 1.58 bits per heavy atom. The average Bonchev–Trinajstić information content (AvgIpc) is 3.18. The normalized spacial score (nSPS) is 36.6. The van der Waals surface area contributed by atoms with Crippen molar-refractivity contribution < 1.29 is 4.79 Å². The molecule has 0 N–H and O–H groups in total. The molecule has 6 aliphatic rings. The van der Waals surface area contributed by atoms with Gasteiger partial charge in [-0.3, -0.25) is 4.79 Å². The van der Waals surface area contributed by atoms with Gasteiger partial charge in [0.25, 0.3) is 0 Å². The molecule has 2 heterocycles. The van der Waals surface area contributed by atoms with Crippen LogP contribution in [0.3, 0.4) is 0 Å². The van der Waals surface area contributed by atoms with Gasteiger partial charge < -0.3 is 4.90 Å². The lowest BCUT2D eigenvalue weighted by molar-refractivity contribution is -0.145. The molecule has 0 radical (unpaired) electrons. The van der Waals surface area contributed by atoms with E-state index in [9.17, 15) is 10.5 Å². The molecule has 2 aliphatic heterocycles. The molecule has 8 rings (SSSR count). The summed E-state index contributed by atoms with van der Waals surface area (Å²) >= 11 is 3.59. The quantitative estimate of drug-likeness (QED) is 0.440. The molecule has 1 saturated heterocycles. The minimum atomic E-state index is -1.36. The number of anilines is 1. The lowest BCUT2D eigenvalue weighted by Gasteiger charge is -2.57. The molecule has 4 saturated carbocycles. The summed E-state index contributed by atoms with van der Waals surface area (Å²) in [6.07, 6.45) is 10.7. The Labute approximate surface area is 220 Å². The molecule has 5 fully saturated rings. The number of hydrogen-bond donors (Lipinski definition) is 0. The SMILES string of the molecule is N#CC1(C#N)C(c2ccccc2)C(C(=O)C23CC4CC(CC(C4)C2)C3)N2c3ccc(Br)cc3C=CC21. The number of rotatable bonds is 3. The molecule has 36 heavy (non-hydrogen) atoms. The fourth-order valence-electron chi connectivity index (χ4n) is 9.02. The van der Waals surface area contributed by atoms with Gasteiger partial charge in [0, 0.05) is 21.5 Å². The molecule has 2 aromatic rings. The Balaban J connectivity index is 1.44. The first kappa shape index (κ1) is 22.3. The fraction of sp³-hybridized carbons (Fsp3) is 0.452. The van der Waals surface area contributed by atoms with Gasteiger partial charge in [0.05, 0.1) is 24.2 Å². The van der Waals surface area contributed by atoms with E-state index in [-0.39, 0.29) is 11.2 Å². The number of halogens is 1. The van der Waals surface area contributed by atoms with Gasteiger partial charge in [0.1, 0.15) is 0 Å². The zero-order chi connectivity index (χ0) is 24.7. The third-order valence-corrected chi connectivity index (χ3v) is 10.4. The number of hydrogen-bond acceptors (Lipinski definition) is 4. The number of nitriles is 2. The van der Waals surface area contributed by atoms with Crippen LogP contribution in [-0.2, 0) is 4.79 Å². The smallest absolute Gasteiger partial charge is 0.176 e. The summed E-state index contributed by atoms with van der Waals surface area (Å²) in [6.45, 7) is 0. The predicted octanol–water partition coefficient (Wildman–Crippen LogP) is 6.64. The van der Waals surface area contributed by atoms with Crippen LogP contribution in [0.2, 0.25) is 0 Å². The first-order valence-corrected chi connectivity index (χ1v) is 14.0. The van der Waals surface area contributed by atoms with Crippen LogP contribution in [0.5, 0.6) is 0 Å². The monoisotopic (exact) mass is 537 g/mol. The molecule has 2 aromatic carbocycles. The number of ketones is 1. The molecule has 4 aliphatic carbocycles. The molecule has 5 heteroatoms.